The molecule has 1 fully saturated rings. The van der Waals surface area contributed by atoms with Gasteiger partial charge in [-0.1, -0.05) is 18.9 Å². The first-order valence-corrected chi connectivity index (χ1v) is 6.94. The van der Waals surface area contributed by atoms with E-state index in [-0.39, 0.29) is 23.7 Å². The van der Waals surface area contributed by atoms with Crippen LogP contribution < -0.4 is 15.8 Å². The van der Waals surface area contributed by atoms with E-state index in [1.165, 1.54) is 0 Å². The Kier molecular flexibility index (Phi) is 6.30. The van der Waals surface area contributed by atoms with Gasteiger partial charge in [0.15, 0.2) is 0 Å². The van der Waals surface area contributed by atoms with Crippen molar-refractivity contribution in [2.75, 3.05) is 18.5 Å². The average molecular weight is 299 g/mol. The summed E-state index contributed by atoms with van der Waals surface area (Å²) >= 11 is 0. The summed E-state index contributed by atoms with van der Waals surface area (Å²) in [4.78, 5) is 12.4. The smallest absolute Gasteiger partial charge is 0.231 e. The Hall–Kier alpha value is -1.26. The van der Waals surface area contributed by atoms with E-state index in [1.807, 2.05) is 31.2 Å². The van der Waals surface area contributed by atoms with Crippen LogP contribution in [0, 0.1) is 5.41 Å². The third-order valence-electron chi connectivity index (χ3n) is 3.84. The van der Waals surface area contributed by atoms with Crippen LogP contribution in [0.4, 0.5) is 5.69 Å². The molecule has 0 heterocycles. The van der Waals surface area contributed by atoms with Crippen LogP contribution in [0.5, 0.6) is 5.75 Å². The number of anilines is 1. The molecule has 20 heavy (non-hydrogen) atoms. The molecule has 0 aliphatic heterocycles. The van der Waals surface area contributed by atoms with Gasteiger partial charge < -0.3 is 15.8 Å². The first-order valence-electron chi connectivity index (χ1n) is 6.94. The van der Waals surface area contributed by atoms with Crippen LogP contribution >= 0.6 is 12.4 Å². The zero-order valence-corrected chi connectivity index (χ0v) is 12.7. The Morgan fingerprint density at radius 2 is 2.10 bits per heavy atom. The summed E-state index contributed by atoms with van der Waals surface area (Å²) in [6, 6.07) is 7.48. The predicted molar refractivity (Wildman–Crippen MR) is 83.4 cm³/mol. The highest BCUT2D eigenvalue weighted by Gasteiger charge is 2.39. The molecule has 0 spiro atoms. The fraction of sp³-hybridized carbons (Fsp3) is 0.533. The molecule has 1 saturated carbocycles. The van der Waals surface area contributed by atoms with Gasteiger partial charge in [0.1, 0.15) is 5.75 Å². The van der Waals surface area contributed by atoms with Gasteiger partial charge in [-0.25, -0.2) is 0 Å². The summed E-state index contributed by atoms with van der Waals surface area (Å²) in [7, 11) is 0. The first kappa shape index (κ1) is 16.8. The molecule has 1 amide bonds. The van der Waals surface area contributed by atoms with E-state index in [4.69, 9.17) is 10.5 Å². The van der Waals surface area contributed by atoms with Gasteiger partial charge >= 0.3 is 0 Å². The number of amides is 1. The fourth-order valence-corrected chi connectivity index (χ4v) is 2.67. The molecular formula is C15H23ClN2O2. The molecular weight excluding hydrogens is 276 g/mol. The lowest BCUT2D eigenvalue weighted by molar-refractivity contribution is -0.124. The van der Waals surface area contributed by atoms with E-state index in [1.54, 1.807) is 0 Å². The molecule has 1 aromatic rings. The van der Waals surface area contributed by atoms with Gasteiger partial charge in [0, 0.05) is 18.3 Å². The van der Waals surface area contributed by atoms with E-state index in [9.17, 15) is 4.79 Å². The summed E-state index contributed by atoms with van der Waals surface area (Å²) in [5.41, 5.74) is 6.22. The Bertz CT molecular complexity index is 445. The van der Waals surface area contributed by atoms with Crippen molar-refractivity contribution in [3.8, 4) is 5.75 Å². The molecule has 4 nitrogen and oxygen atoms in total. The molecule has 0 bridgehead atoms. The SMILES string of the molecule is CCOc1cccc(NC(=O)C2(CN)CCCC2)c1.Cl. The van der Waals surface area contributed by atoms with E-state index in [0.717, 1.165) is 37.1 Å². The Balaban J connectivity index is 0.00000200. The lowest BCUT2D eigenvalue weighted by Gasteiger charge is -2.25. The van der Waals surface area contributed by atoms with E-state index >= 15 is 0 Å². The largest absolute Gasteiger partial charge is 0.494 e. The number of ether oxygens (including phenoxy) is 1. The molecule has 2 rings (SSSR count). The predicted octanol–water partition coefficient (Wildman–Crippen LogP) is 2.96. The molecule has 0 atom stereocenters. The summed E-state index contributed by atoms with van der Waals surface area (Å²) < 4.78 is 5.43. The van der Waals surface area contributed by atoms with Gasteiger partial charge in [0.2, 0.25) is 5.91 Å². The number of nitrogens with two attached hydrogens (primary N) is 1. The number of rotatable bonds is 5. The van der Waals surface area contributed by atoms with Crippen LogP contribution in [0.15, 0.2) is 24.3 Å². The Morgan fingerprint density at radius 1 is 1.40 bits per heavy atom. The molecule has 3 N–H and O–H groups in total. The quantitative estimate of drug-likeness (QED) is 0.878. The van der Waals surface area contributed by atoms with Crippen molar-refractivity contribution in [1.82, 2.24) is 0 Å². The van der Waals surface area contributed by atoms with Crippen molar-refractivity contribution in [2.24, 2.45) is 11.1 Å². The lowest BCUT2D eigenvalue weighted by Crippen LogP contribution is -2.40. The monoisotopic (exact) mass is 298 g/mol. The number of carbonyl (C=O) groups excluding carboxylic acids is 1. The normalized spacial score (nSPS) is 16.3. The number of halogens is 1. The van der Waals surface area contributed by atoms with Crippen molar-refractivity contribution >= 4 is 24.0 Å². The highest BCUT2D eigenvalue weighted by molar-refractivity contribution is 5.95. The van der Waals surface area contributed by atoms with Crippen LogP contribution in [0.2, 0.25) is 0 Å². The second-order valence-electron chi connectivity index (χ2n) is 5.11. The highest BCUT2D eigenvalue weighted by Crippen LogP contribution is 2.38. The fourth-order valence-electron chi connectivity index (χ4n) is 2.67. The van der Waals surface area contributed by atoms with Crippen LogP contribution in [0.25, 0.3) is 0 Å². The van der Waals surface area contributed by atoms with Crippen LogP contribution in [0.1, 0.15) is 32.6 Å². The number of benzene rings is 1. The number of hydrogen-bond acceptors (Lipinski definition) is 3. The maximum atomic E-state index is 12.4. The third-order valence-corrected chi connectivity index (χ3v) is 3.84. The summed E-state index contributed by atoms with van der Waals surface area (Å²) in [6.07, 6.45) is 3.95. The Labute approximate surface area is 126 Å². The van der Waals surface area contributed by atoms with Crippen LogP contribution in [-0.4, -0.2) is 19.1 Å². The van der Waals surface area contributed by atoms with Gasteiger partial charge in [0.05, 0.1) is 12.0 Å². The Morgan fingerprint density at radius 3 is 2.70 bits per heavy atom. The molecule has 1 aliphatic carbocycles. The van der Waals surface area contributed by atoms with E-state index < -0.39 is 0 Å². The van der Waals surface area contributed by atoms with E-state index in [0.29, 0.717) is 13.2 Å². The van der Waals surface area contributed by atoms with Crippen molar-refractivity contribution < 1.29 is 9.53 Å². The maximum Gasteiger partial charge on any atom is 0.231 e. The number of hydrogen-bond donors (Lipinski definition) is 2. The standard InChI is InChI=1S/C15H22N2O2.ClH/c1-2-19-13-7-5-6-12(10-13)17-14(18)15(11-16)8-3-4-9-15;/h5-7,10H,2-4,8-9,11,16H2,1H3,(H,17,18);1H. The molecule has 1 aromatic carbocycles. The molecule has 0 unspecified atom stereocenters. The van der Waals surface area contributed by atoms with Gasteiger partial charge in [-0.15, -0.1) is 12.4 Å². The molecule has 1 aliphatic rings. The van der Waals surface area contributed by atoms with Crippen molar-refractivity contribution in [2.45, 2.75) is 32.6 Å². The summed E-state index contributed by atoms with van der Waals surface area (Å²) in [5.74, 6) is 0.815. The number of nitrogens with one attached hydrogen (secondary N) is 1. The lowest BCUT2D eigenvalue weighted by atomic mass is 9.85. The van der Waals surface area contributed by atoms with Gasteiger partial charge in [-0.2, -0.15) is 0 Å². The second kappa shape index (κ2) is 7.50. The van der Waals surface area contributed by atoms with Gasteiger partial charge in [0.25, 0.3) is 0 Å². The zero-order valence-electron chi connectivity index (χ0n) is 11.9. The highest BCUT2D eigenvalue weighted by atomic mass is 35.5. The average Bonchev–Trinajstić information content (AvgIpc) is 2.89. The van der Waals surface area contributed by atoms with E-state index in [2.05, 4.69) is 5.32 Å². The molecule has 5 heteroatoms. The minimum Gasteiger partial charge on any atom is -0.494 e. The van der Waals surface area contributed by atoms with Crippen LogP contribution in [-0.2, 0) is 4.79 Å². The summed E-state index contributed by atoms with van der Waals surface area (Å²) in [5, 5.41) is 2.98. The zero-order chi connectivity index (χ0) is 13.7. The van der Waals surface area contributed by atoms with Crippen molar-refractivity contribution in [3.63, 3.8) is 0 Å². The van der Waals surface area contributed by atoms with Gasteiger partial charge in [-0.05, 0) is 31.9 Å². The van der Waals surface area contributed by atoms with Gasteiger partial charge in [-0.3, -0.25) is 4.79 Å². The first-order chi connectivity index (χ1) is 9.20. The topological polar surface area (TPSA) is 64.3 Å². The minimum absolute atomic E-state index is 0. The third kappa shape index (κ3) is 3.64. The second-order valence-corrected chi connectivity index (χ2v) is 5.11. The number of carbonyl (C=O) groups is 1. The molecule has 0 aromatic heterocycles. The van der Waals surface area contributed by atoms with Crippen molar-refractivity contribution in [1.29, 1.82) is 0 Å². The maximum absolute atomic E-state index is 12.4. The van der Waals surface area contributed by atoms with Crippen LogP contribution in [0.3, 0.4) is 0 Å². The minimum atomic E-state index is -0.373. The summed E-state index contributed by atoms with van der Waals surface area (Å²) in [6.45, 7) is 2.97. The molecule has 0 radical (unpaired) electrons. The molecule has 112 valence electrons. The van der Waals surface area contributed by atoms with Crippen molar-refractivity contribution in [3.05, 3.63) is 24.3 Å². The molecule has 0 saturated heterocycles.